The first-order valence-electron chi connectivity index (χ1n) is 10.7. The first kappa shape index (κ1) is 22.5. The standard InChI is InChI=1S/C23H40N2O/c1-5-9-11-19(7-3)17-25(18-20(8-4)12-10-6-2)23(26)21-13-15-22(24)16-14-21/h13-16,19-20H,5-12,17-18,24H2,1-4H3/t19-,20-/m1/s1. The van der Waals surface area contributed by atoms with E-state index >= 15 is 0 Å². The number of anilines is 1. The molecule has 0 radical (unpaired) electrons. The number of hydrogen-bond donors (Lipinski definition) is 1. The zero-order valence-electron chi connectivity index (χ0n) is 17.5. The van der Waals surface area contributed by atoms with Crippen molar-refractivity contribution in [3.63, 3.8) is 0 Å². The number of unbranched alkanes of at least 4 members (excludes halogenated alkanes) is 2. The Morgan fingerprint density at radius 2 is 1.35 bits per heavy atom. The Balaban J connectivity index is 2.91. The van der Waals surface area contributed by atoms with Gasteiger partial charge in [0, 0.05) is 24.3 Å². The number of carbonyl (C=O) groups is 1. The first-order valence-corrected chi connectivity index (χ1v) is 10.7. The summed E-state index contributed by atoms with van der Waals surface area (Å²) in [6, 6.07) is 7.39. The molecule has 3 heteroatoms. The van der Waals surface area contributed by atoms with Gasteiger partial charge in [0.25, 0.3) is 5.91 Å². The minimum atomic E-state index is 0.162. The van der Waals surface area contributed by atoms with E-state index in [1.807, 2.05) is 24.3 Å². The molecule has 2 atom stereocenters. The average molecular weight is 361 g/mol. The Morgan fingerprint density at radius 3 is 1.73 bits per heavy atom. The molecule has 1 amide bonds. The lowest BCUT2D eigenvalue weighted by Crippen LogP contribution is -2.39. The Hall–Kier alpha value is -1.51. The zero-order chi connectivity index (χ0) is 19.4. The second-order valence-electron chi connectivity index (χ2n) is 7.67. The van der Waals surface area contributed by atoms with Crippen molar-refractivity contribution < 1.29 is 4.79 Å². The summed E-state index contributed by atoms with van der Waals surface area (Å²) in [5, 5.41) is 0. The molecule has 0 saturated heterocycles. The van der Waals surface area contributed by atoms with Crippen molar-refractivity contribution >= 4 is 11.6 Å². The Kier molecular flexibility index (Phi) is 11.1. The molecular formula is C23H40N2O. The number of nitrogens with zero attached hydrogens (tertiary/aromatic N) is 1. The number of nitrogen functional groups attached to an aromatic ring is 1. The van der Waals surface area contributed by atoms with Crippen molar-refractivity contribution in [1.29, 1.82) is 0 Å². The molecule has 0 aliphatic heterocycles. The second-order valence-corrected chi connectivity index (χ2v) is 7.67. The molecule has 1 aromatic rings. The van der Waals surface area contributed by atoms with Crippen LogP contribution in [0.4, 0.5) is 5.69 Å². The van der Waals surface area contributed by atoms with Gasteiger partial charge in [0.05, 0.1) is 0 Å². The molecule has 0 unspecified atom stereocenters. The van der Waals surface area contributed by atoms with Crippen LogP contribution in [0.25, 0.3) is 0 Å². The molecule has 1 rings (SSSR count). The molecule has 0 bridgehead atoms. The van der Waals surface area contributed by atoms with Crippen LogP contribution < -0.4 is 5.73 Å². The highest BCUT2D eigenvalue weighted by Crippen LogP contribution is 2.21. The molecule has 3 nitrogen and oxygen atoms in total. The summed E-state index contributed by atoms with van der Waals surface area (Å²) in [7, 11) is 0. The van der Waals surface area contributed by atoms with Crippen molar-refractivity contribution in [2.75, 3.05) is 18.8 Å². The molecule has 2 N–H and O–H groups in total. The van der Waals surface area contributed by atoms with Gasteiger partial charge in [-0.05, 0) is 48.9 Å². The van der Waals surface area contributed by atoms with Crippen LogP contribution in [0.1, 0.15) is 89.4 Å². The van der Waals surface area contributed by atoms with E-state index in [2.05, 4.69) is 32.6 Å². The topological polar surface area (TPSA) is 46.3 Å². The molecule has 148 valence electrons. The van der Waals surface area contributed by atoms with E-state index in [-0.39, 0.29) is 5.91 Å². The third-order valence-electron chi connectivity index (χ3n) is 5.49. The lowest BCUT2D eigenvalue weighted by Gasteiger charge is -2.31. The predicted octanol–water partition coefficient (Wildman–Crippen LogP) is 6.14. The molecule has 0 saturated carbocycles. The van der Waals surface area contributed by atoms with E-state index in [9.17, 15) is 4.79 Å². The SMILES string of the molecule is CCCC[C@@H](CC)CN(C[C@H](CC)CCCC)C(=O)c1ccc(N)cc1. The summed E-state index contributed by atoms with van der Waals surface area (Å²) in [5.41, 5.74) is 7.26. The number of nitrogens with two attached hydrogens (primary N) is 1. The van der Waals surface area contributed by atoms with Crippen LogP contribution >= 0.6 is 0 Å². The van der Waals surface area contributed by atoms with Crippen LogP contribution in [-0.4, -0.2) is 23.9 Å². The van der Waals surface area contributed by atoms with Crippen molar-refractivity contribution in [3.8, 4) is 0 Å². The number of benzene rings is 1. The molecule has 0 aliphatic carbocycles. The summed E-state index contributed by atoms with van der Waals surface area (Å²) < 4.78 is 0. The van der Waals surface area contributed by atoms with Gasteiger partial charge in [-0.3, -0.25) is 4.79 Å². The van der Waals surface area contributed by atoms with E-state index in [1.54, 1.807) is 0 Å². The van der Waals surface area contributed by atoms with Crippen LogP contribution in [-0.2, 0) is 0 Å². The van der Waals surface area contributed by atoms with Gasteiger partial charge in [-0.1, -0.05) is 66.2 Å². The van der Waals surface area contributed by atoms with Gasteiger partial charge < -0.3 is 10.6 Å². The fourth-order valence-corrected chi connectivity index (χ4v) is 3.51. The minimum Gasteiger partial charge on any atom is -0.399 e. The predicted molar refractivity (Wildman–Crippen MR) is 113 cm³/mol. The third-order valence-corrected chi connectivity index (χ3v) is 5.49. The number of carbonyl (C=O) groups excluding carboxylic acids is 1. The largest absolute Gasteiger partial charge is 0.399 e. The summed E-state index contributed by atoms with van der Waals surface area (Å²) in [5.74, 6) is 1.35. The van der Waals surface area contributed by atoms with E-state index in [4.69, 9.17) is 5.73 Å². The lowest BCUT2D eigenvalue weighted by molar-refractivity contribution is 0.0685. The van der Waals surface area contributed by atoms with Gasteiger partial charge in [-0.2, -0.15) is 0 Å². The monoisotopic (exact) mass is 360 g/mol. The molecule has 0 heterocycles. The van der Waals surface area contributed by atoms with Crippen molar-refractivity contribution in [1.82, 2.24) is 4.90 Å². The second kappa shape index (κ2) is 12.8. The Morgan fingerprint density at radius 1 is 0.885 bits per heavy atom. The summed E-state index contributed by atoms with van der Waals surface area (Å²) >= 11 is 0. The normalized spacial score (nSPS) is 13.4. The number of hydrogen-bond acceptors (Lipinski definition) is 2. The number of amides is 1. The molecule has 0 fully saturated rings. The molecule has 26 heavy (non-hydrogen) atoms. The van der Waals surface area contributed by atoms with Crippen LogP contribution in [0.2, 0.25) is 0 Å². The highest BCUT2D eigenvalue weighted by molar-refractivity contribution is 5.94. The summed E-state index contributed by atoms with van der Waals surface area (Å²) in [6.45, 7) is 10.7. The van der Waals surface area contributed by atoms with E-state index in [0.29, 0.717) is 17.5 Å². The molecular weight excluding hydrogens is 320 g/mol. The van der Waals surface area contributed by atoms with Crippen LogP contribution in [0.3, 0.4) is 0 Å². The highest BCUT2D eigenvalue weighted by Gasteiger charge is 2.22. The molecule has 0 spiro atoms. The van der Waals surface area contributed by atoms with E-state index < -0.39 is 0 Å². The van der Waals surface area contributed by atoms with Crippen LogP contribution in [0, 0.1) is 11.8 Å². The van der Waals surface area contributed by atoms with Gasteiger partial charge in [-0.25, -0.2) is 0 Å². The fourth-order valence-electron chi connectivity index (χ4n) is 3.51. The zero-order valence-corrected chi connectivity index (χ0v) is 17.5. The maximum absolute atomic E-state index is 13.2. The first-order chi connectivity index (χ1) is 12.5. The van der Waals surface area contributed by atoms with Crippen molar-refractivity contribution in [2.24, 2.45) is 11.8 Å². The minimum absolute atomic E-state index is 0.162. The fraction of sp³-hybridized carbons (Fsp3) is 0.696. The van der Waals surface area contributed by atoms with Crippen molar-refractivity contribution in [3.05, 3.63) is 29.8 Å². The summed E-state index contributed by atoms with van der Waals surface area (Å²) in [6.07, 6.45) is 9.63. The van der Waals surface area contributed by atoms with Gasteiger partial charge >= 0.3 is 0 Å². The smallest absolute Gasteiger partial charge is 0.253 e. The summed E-state index contributed by atoms with van der Waals surface area (Å²) in [4.78, 5) is 15.3. The molecule has 0 aromatic heterocycles. The third kappa shape index (κ3) is 7.80. The van der Waals surface area contributed by atoms with E-state index in [1.165, 1.54) is 38.5 Å². The average Bonchev–Trinajstić information content (AvgIpc) is 2.66. The van der Waals surface area contributed by atoms with Crippen LogP contribution in [0.15, 0.2) is 24.3 Å². The van der Waals surface area contributed by atoms with Gasteiger partial charge in [0.15, 0.2) is 0 Å². The van der Waals surface area contributed by atoms with Gasteiger partial charge in [-0.15, -0.1) is 0 Å². The Bertz CT molecular complexity index is 479. The lowest BCUT2D eigenvalue weighted by atomic mass is 9.95. The van der Waals surface area contributed by atoms with Gasteiger partial charge in [0.1, 0.15) is 0 Å². The Labute approximate surface area is 161 Å². The van der Waals surface area contributed by atoms with Crippen LogP contribution in [0.5, 0.6) is 0 Å². The van der Waals surface area contributed by atoms with E-state index in [0.717, 1.165) is 31.5 Å². The molecule has 1 aromatic carbocycles. The molecule has 0 aliphatic rings. The number of rotatable bonds is 13. The van der Waals surface area contributed by atoms with Crippen molar-refractivity contribution in [2.45, 2.75) is 79.1 Å². The highest BCUT2D eigenvalue weighted by atomic mass is 16.2. The quantitative estimate of drug-likeness (QED) is 0.429. The maximum Gasteiger partial charge on any atom is 0.253 e. The van der Waals surface area contributed by atoms with Gasteiger partial charge in [0.2, 0.25) is 0 Å². The maximum atomic E-state index is 13.2.